The number of piperazine rings is 1. The third kappa shape index (κ3) is 3.83. The van der Waals surface area contributed by atoms with Gasteiger partial charge in [-0.3, -0.25) is 4.79 Å². The molecule has 1 aromatic heterocycles. The SMILES string of the molecule is Cc1ccc(OCC(=O)N2CCN(c3nc4c(C)c(C)ccc4s3)CC2)cc1. The van der Waals surface area contributed by atoms with Crippen molar-refractivity contribution in [1.29, 1.82) is 0 Å². The van der Waals surface area contributed by atoms with Crippen LogP contribution in [0.1, 0.15) is 16.7 Å². The number of fused-ring (bicyclic) bond motifs is 1. The standard InChI is InChI=1S/C22H25N3O2S/c1-15-4-7-18(8-5-15)27-14-20(26)24-10-12-25(13-11-24)22-23-21-17(3)16(2)6-9-19(21)28-22/h4-9H,10-14H2,1-3H3. The molecule has 0 spiro atoms. The summed E-state index contributed by atoms with van der Waals surface area (Å²) in [5, 5.41) is 1.05. The number of aryl methyl sites for hydroxylation is 3. The Morgan fingerprint density at radius 3 is 2.46 bits per heavy atom. The fourth-order valence-electron chi connectivity index (χ4n) is 3.37. The monoisotopic (exact) mass is 395 g/mol. The van der Waals surface area contributed by atoms with Crippen molar-refractivity contribution in [3.63, 3.8) is 0 Å². The number of benzene rings is 2. The molecule has 2 aromatic carbocycles. The first kappa shape index (κ1) is 18.7. The van der Waals surface area contributed by atoms with E-state index in [0.717, 1.165) is 29.5 Å². The molecule has 5 nitrogen and oxygen atoms in total. The molecule has 28 heavy (non-hydrogen) atoms. The average Bonchev–Trinajstić information content (AvgIpc) is 3.15. The molecule has 2 heterocycles. The van der Waals surface area contributed by atoms with Crippen LogP contribution >= 0.6 is 11.3 Å². The molecule has 146 valence electrons. The fraction of sp³-hybridized carbons (Fsp3) is 0.364. The van der Waals surface area contributed by atoms with Crippen molar-refractivity contribution >= 4 is 32.6 Å². The zero-order chi connectivity index (χ0) is 19.7. The molecule has 1 amide bonds. The highest BCUT2D eigenvalue weighted by atomic mass is 32.1. The maximum atomic E-state index is 12.5. The van der Waals surface area contributed by atoms with Crippen LogP contribution in [0.25, 0.3) is 10.2 Å². The minimum atomic E-state index is 0.0380. The van der Waals surface area contributed by atoms with Gasteiger partial charge in [-0.05, 0) is 50.1 Å². The quantitative estimate of drug-likeness (QED) is 0.671. The highest BCUT2D eigenvalue weighted by molar-refractivity contribution is 7.22. The van der Waals surface area contributed by atoms with Crippen molar-refractivity contribution in [2.75, 3.05) is 37.7 Å². The molecule has 0 saturated carbocycles. The smallest absolute Gasteiger partial charge is 0.260 e. The first-order valence-electron chi connectivity index (χ1n) is 9.60. The first-order valence-corrected chi connectivity index (χ1v) is 10.4. The largest absolute Gasteiger partial charge is 0.484 e. The summed E-state index contributed by atoms with van der Waals surface area (Å²) < 4.78 is 6.86. The van der Waals surface area contributed by atoms with E-state index in [0.29, 0.717) is 13.1 Å². The number of nitrogens with zero attached hydrogens (tertiary/aromatic N) is 3. The van der Waals surface area contributed by atoms with Gasteiger partial charge in [0.1, 0.15) is 5.75 Å². The molecule has 0 atom stereocenters. The predicted molar refractivity (Wildman–Crippen MR) is 115 cm³/mol. The van der Waals surface area contributed by atoms with E-state index in [1.54, 1.807) is 11.3 Å². The van der Waals surface area contributed by atoms with Gasteiger partial charge in [-0.25, -0.2) is 4.98 Å². The zero-order valence-corrected chi connectivity index (χ0v) is 17.4. The highest BCUT2D eigenvalue weighted by Crippen LogP contribution is 2.32. The van der Waals surface area contributed by atoms with Gasteiger partial charge in [0, 0.05) is 26.2 Å². The summed E-state index contributed by atoms with van der Waals surface area (Å²) in [5.74, 6) is 0.772. The van der Waals surface area contributed by atoms with Crippen molar-refractivity contribution in [3.8, 4) is 5.75 Å². The van der Waals surface area contributed by atoms with Gasteiger partial charge in [0.05, 0.1) is 10.2 Å². The third-order valence-corrected chi connectivity index (χ3v) is 6.44. The lowest BCUT2D eigenvalue weighted by Gasteiger charge is -2.34. The van der Waals surface area contributed by atoms with Crippen molar-refractivity contribution in [1.82, 2.24) is 9.88 Å². The zero-order valence-electron chi connectivity index (χ0n) is 16.6. The first-order chi connectivity index (χ1) is 13.5. The van der Waals surface area contributed by atoms with E-state index in [2.05, 4.69) is 30.9 Å². The van der Waals surface area contributed by atoms with Crippen LogP contribution in [0, 0.1) is 20.8 Å². The Hall–Kier alpha value is -2.60. The van der Waals surface area contributed by atoms with E-state index < -0.39 is 0 Å². The van der Waals surface area contributed by atoms with Gasteiger partial charge >= 0.3 is 0 Å². The van der Waals surface area contributed by atoms with Crippen molar-refractivity contribution in [2.45, 2.75) is 20.8 Å². The predicted octanol–water partition coefficient (Wildman–Crippen LogP) is 3.95. The molecule has 0 radical (unpaired) electrons. The number of hydrogen-bond donors (Lipinski definition) is 0. The number of hydrogen-bond acceptors (Lipinski definition) is 5. The molecular weight excluding hydrogens is 370 g/mol. The van der Waals surface area contributed by atoms with E-state index in [-0.39, 0.29) is 12.5 Å². The maximum absolute atomic E-state index is 12.5. The summed E-state index contributed by atoms with van der Waals surface area (Å²) in [6.07, 6.45) is 0. The van der Waals surface area contributed by atoms with Crippen LogP contribution in [0.4, 0.5) is 5.13 Å². The molecular formula is C22H25N3O2S. The lowest BCUT2D eigenvalue weighted by molar-refractivity contribution is -0.133. The fourth-order valence-corrected chi connectivity index (χ4v) is 4.44. The number of anilines is 1. The Balaban J connectivity index is 1.34. The minimum Gasteiger partial charge on any atom is -0.484 e. The Kier molecular flexibility index (Phi) is 5.22. The topological polar surface area (TPSA) is 45.7 Å². The molecule has 1 aliphatic rings. The van der Waals surface area contributed by atoms with E-state index in [9.17, 15) is 4.79 Å². The molecule has 3 aromatic rings. The maximum Gasteiger partial charge on any atom is 0.260 e. The highest BCUT2D eigenvalue weighted by Gasteiger charge is 2.23. The van der Waals surface area contributed by atoms with Crippen molar-refractivity contribution in [3.05, 3.63) is 53.1 Å². The molecule has 1 fully saturated rings. The lowest BCUT2D eigenvalue weighted by atomic mass is 10.1. The number of thiazole rings is 1. The number of aromatic nitrogens is 1. The molecule has 0 N–H and O–H groups in total. The van der Waals surface area contributed by atoms with Crippen LogP contribution in [0.3, 0.4) is 0 Å². The van der Waals surface area contributed by atoms with Crippen LogP contribution in [0.5, 0.6) is 5.75 Å². The average molecular weight is 396 g/mol. The van der Waals surface area contributed by atoms with Crippen LogP contribution in [0.15, 0.2) is 36.4 Å². The summed E-state index contributed by atoms with van der Waals surface area (Å²) in [4.78, 5) is 21.5. The summed E-state index contributed by atoms with van der Waals surface area (Å²) in [5.41, 5.74) is 4.80. The van der Waals surface area contributed by atoms with Gasteiger partial charge in [0.2, 0.25) is 0 Å². The molecule has 4 rings (SSSR count). The molecule has 1 saturated heterocycles. The number of amides is 1. The van der Waals surface area contributed by atoms with Crippen molar-refractivity contribution < 1.29 is 9.53 Å². The van der Waals surface area contributed by atoms with Crippen LogP contribution in [-0.4, -0.2) is 48.6 Å². The molecule has 0 aliphatic carbocycles. The minimum absolute atomic E-state index is 0.0380. The molecule has 6 heteroatoms. The normalized spacial score (nSPS) is 14.5. The van der Waals surface area contributed by atoms with E-state index >= 15 is 0 Å². The van der Waals surface area contributed by atoms with Gasteiger partial charge in [0.25, 0.3) is 5.91 Å². The molecule has 1 aliphatic heterocycles. The van der Waals surface area contributed by atoms with Gasteiger partial charge in [-0.15, -0.1) is 0 Å². The summed E-state index contributed by atoms with van der Waals surface area (Å²) in [6.45, 7) is 9.37. The van der Waals surface area contributed by atoms with Crippen molar-refractivity contribution in [2.24, 2.45) is 0 Å². The van der Waals surface area contributed by atoms with Gasteiger partial charge in [-0.2, -0.15) is 0 Å². The Bertz CT molecular complexity index is 989. The second-order valence-electron chi connectivity index (χ2n) is 7.32. The molecule has 0 bridgehead atoms. The summed E-state index contributed by atoms with van der Waals surface area (Å²) in [6, 6.07) is 12.1. The van der Waals surface area contributed by atoms with Crippen LogP contribution in [-0.2, 0) is 4.79 Å². The number of rotatable bonds is 4. The van der Waals surface area contributed by atoms with E-state index in [4.69, 9.17) is 9.72 Å². The summed E-state index contributed by atoms with van der Waals surface area (Å²) >= 11 is 1.73. The number of carbonyl (C=O) groups is 1. The van der Waals surface area contributed by atoms with E-state index in [1.165, 1.54) is 21.4 Å². The van der Waals surface area contributed by atoms with E-state index in [1.807, 2.05) is 36.1 Å². The third-order valence-electron chi connectivity index (χ3n) is 5.36. The number of ether oxygens (including phenoxy) is 1. The summed E-state index contributed by atoms with van der Waals surface area (Å²) in [7, 11) is 0. The second kappa shape index (κ2) is 7.80. The second-order valence-corrected chi connectivity index (χ2v) is 8.33. The van der Waals surface area contributed by atoms with Crippen LogP contribution in [0.2, 0.25) is 0 Å². The van der Waals surface area contributed by atoms with Gasteiger partial charge in [0.15, 0.2) is 11.7 Å². The Labute approximate surface area is 169 Å². The van der Waals surface area contributed by atoms with Gasteiger partial charge < -0.3 is 14.5 Å². The van der Waals surface area contributed by atoms with Crippen LogP contribution < -0.4 is 9.64 Å². The Morgan fingerprint density at radius 1 is 1.04 bits per heavy atom. The Morgan fingerprint density at radius 2 is 1.75 bits per heavy atom. The number of carbonyl (C=O) groups excluding carboxylic acids is 1. The van der Waals surface area contributed by atoms with Gasteiger partial charge in [-0.1, -0.05) is 35.1 Å². The lowest BCUT2D eigenvalue weighted by Crippen LogP contribution is -2.50. The molecule has 0 unspecified atom stereocenters.